The van der Waals surface area contributed by atoms with Crippen molar-refractivity contribution in [1.82, 2.24) is 5.32 Å². The van der Waals surface area contributed by atoms with Crippen LogP contribution in [0.3, 0.4) is 0 Å². The molecular formula is C8H14ClNO2S. The zero-order valence-corrected chi connectivity index (χ0v) is 8.94. The van der Waals surface area contributed by atoms with Crippen molar-refractivity contribution in [3.8, 4) is 0 Å². The van der Waals surface area contributed by atoms with Crippen LogP contribution in [0.2, 0.25) is 0 Å². The molecule has 1 rings (SSSR count). The monoisotopic (exact) mass is 223 g/mol. The predicted molar refractivity (Wildman–Crippen MR) is 54.7 cm³/mol. The summed E-state index contributed by atoms with van der Waals surface area (Å²) in [4.78, 5) is 0. The summed E-state index contributed by atoms with van der Waals surface area (Å²) in [5.41, 5.74) is 1.43. The van der Waals surface area contributed by atoms with Gasteiger partial charge in [-0.3, -0.25) is 0 Å². The summed E-state index contributed by atoms with van der Waals surface area (Å²) < 4.78 is 22.7. The molecule has 0 aliphatic carbocycles. The normalized spacial score (nSPS) is 27.0. The lowest BCUT2D eigenvalue weighted by molar-refractivity contribution is 0.580. The van der Waals surface area contributed by atoms with Gasteiger partial charge in [0, 0.05) is 18.6 Å². The van der Waals surface area contributed by atoms with Crippen LogP contribution in [0.5, 0.6) is 0 Å². The van der Waals surface area contributed by atoms with Crippen molar-refractivity contribution >= 4 is 21.4 Å². The highest BCUT2D eigenvalue weighted by atomic mass is 35.5. The van der Waals surface area contributed by atoms with Gasteiger partial charge in [0.15, 0.2) is 9.84 Å². The van der Waals surface area contributed by atoms with Crippen LogP contribution in [0.25, 0.3) is 0 Å². The van der Waals surface area contributed by atoms with E-state index < -0.39 is 9.84 Å². The molecule has 1 atom stereocenters. The molecule has 0 aromatic heterocycles. The average molecular weight is 224 g/mol. The molecule has 1 aliphatic heterocycles. The second-order valence-corrected chi connectivity index (χ2v) is 5.80. The third-order valence-electron chi connectivity index (χ3n) is 2.19. The largest absolute Gasteiger partial charge is 0.312 e. The number of rotatable bonds is 4. The van der Waals surface area contributed by atoms with E-state index in [4.69, 9.17) is 11.6 Å². The molecule has 1 N–H and O–H groups in total. The SMILES string of the molecule is O=S1(=O)CCCC1CNC/C=C/Cl. The number of hydrogen-bond acceptors (Lipinski definition) is 3. The van der Waals surface area contributed by atoms with Crippen LogP contribution in [-0.2, 0) is 9.84 Å². The Labute approximate surface area is 84.1 Å². The molecule has 1 fully saturated rings. The van der Waals surface area contributed by atoms with E-state index in [9.17, 15) is 8.42 Å². The van der Waals surface area contributed by atoms with Gasteiger partial charge in [0.2, 0.25) is 0 Å². The fraction of sp³-hybridized carbons (Fsp3) is 0.750. The van der Waals surface area contributed by atoms with Crippen molar-refractivity contribution in [2.24, 2.45) is 0 Å². The minimum absolute atomic E-state index is 0.184. The Morgan fingerprint density at radius 2 is 2.31 bits per heavy atom. The first-order valence-electron chi connectivity index (χ1n) is 4.34. The van der Waals surface area contributed by atoms with Crippen LogP contribution >= 0.6 is 11.6 Å². The lowest BCUT2D eigenvalue weighted by Gasteiger charge is -2.08. The molecule has 1 saturated heterocycles. The maximum Gasteiger partial charge on any atom is 0.154 e. The van der Waals surface area contributed by atoms with Crippen LogP contribution in [-0.4, -0.2) is 32.5 Å². The number of sulfone groups is 1. The first-order valence-corrected chi connectivity index (χ1v) is 6.49. The Balaban J connectivity index is 2.29. The molecule has 1 unspecified atom stereocenters. The maximum atomic E-state index is 11.3. The number of nitrogens with one attached hydrogen (secondary N) is 1. The third kappa shape index (κ3) is 3.29. The molecule has 0 aromatic carbocycles. The van der Waals surface area contributed by atoms with Crippen LogP contribution in [0.1, 0.15) is 12.8 Å². The fourth-order valence-electron chi connectivity index (χ4n) is 1.46. The number of halogens is 1. The highest BCUT2D eigenvalue weighted by molar-refractivity contribution is 7.92. The molecule has 0 aromatic rings. The summed E-state index contributed by atoms with van der Waals surface area (Å²) in [5.74, 6) is 0.352. The van der Waals surface area contributed by atoms with Crippen molar-refractivity contribution in [3.63, 3.8) is 0 Å². The standard InChI is InChI=1S/C8H14ClNO2S/c9-4-2-5-10-7-8-3-1-6-13(8,11)12/h2,4,8,10H,1,3,5-7H2/b4-2+. The number of hydrogen-bond donors (Lipinski definition) is 1. The van der Waals surface area contributed by atoms with Crippen molar-refractivity contribution in [2.75, 3.05) is 18.8 Å². The lowest BCUT2D eigenvalue weighted by Crippen LogP contribution is -2.30. The molecule has 1 heterocycles. The molecule has 0 spiro atoms. The van der Waals surface area contributed by atoms with Crippen molar-refractivity contribution in [1.29, 1.82) is 0 Å². The molecule has 13 heavy (non-hydrogen) atoms. The van der Waals surface area contributed by atoms with E-state index in [1.807, 2.05) is 0 Å². The van der Waals surface area contributed by atoms with Crippen LogP contribution in [0, 0.1) is 0 Å². The van der Waals surface area contributed by atoms with Crippen molar-refractivity contribution in [2.45, 2.75) is 18.1 Å². The summed E-state index contributed by atoms with van der Waals surface area (Å²) in [6.07, 6.45) is 3.35. The second-order valence-electron chi connectivity index (χ2n) is 3.15. The summed E-state index contributed by atoms with van der Waals surface area (Å²) in [7, 11) is -2.79. The minimum atomic E-state index is -2.79. The minimum Gasteiger partial charge on any atom is -0.312 e. The second kappa shape index (κ2) is 4.98. The zero-order chi connectivity index (χ0) is 9.73. The van der Waals surface area contributed by atoms with Gasteiger partial charge >= 0.3 is 0 Å². The smallest absolute Gasteiger partial charge is 0.154 e. The van der Waals surface area contributed by atoms with Gasteiger partial charge in [0.05, 0.1) is 11.0 Å². The van der Waals surface area contributed by atoms with Gasteiger partial charge in [-0.15, -0.1) is 0 Å². The van der Waals surface area contributed by atoms with E-state index in [1.54, 1.807) is 6.08 Å². The van der Waals surface area contributed by atoms with Crippen LogP contribution < -0.4 is 5.32 Å². The molecule has 5 heteroatoms. The van der Waals surface area contributed by atoms with Crippen molar-refractivity contribution in [3.05, 3.63) is 11.6 Å². The Morgan fingerprint density at radius 3 is 2.85 bits per heavy atom. The van der Waals surface area contributed by atoms with E-state index in [1.165, 1.54) is 5.54 Å². The quantitative estimate of drug-likeness (QED) is 0.721. The molecule has 0 amide bonds. The average Bonchev–Trinajstić information content (AvgIpc) is 2.40. The molecular weight excluding hydrogens is 210 g/mol. The van der Waals surface area contributed by atoms with Gasteiger partial charge in [-0.05, 0) is 12.8 Å². The molecule has 0 bridgehead atoms. The van der Waals surface area contributed by atoms with E-state index in [0.717, 1.165) is 12.8 Å². The Bertz CT molecular complexity index is 274. The predicted octanol–water partition coefficient (Wildman–Crippen LogP) is 0.906. The Morgan fingerprint density at radius 1 is 1.54 bits per heavy atom. The zero-order valence-electron chi connectivity index (χ0n) is 7.37. The molecule has 3 nitrogen and oxygen atoms in total. The van der Waals surface area contributed by atoms with E-state index in [-0.39, 0.29) is 5.25 Å². The molecule has 76 valence electrons. The first kappa shape index (κ1) is 11.0. The van der Waals surface area contributed by atoms with E-state index in [0.29, 0.717) is 18.8 Å². The van der Waals surface area contributed by atoms with Gasteiger partial charge in [-0.25, -0.2) is 8.42 Å². The third-order valence-corrected chi connectivity index (χ3v) is 4.64. The van der Waals surface area contributed by atoms with Gasteiger partial charge in [-0.1, -0.05) is 17.7 Å². The Kier molecular flexibility index (Phi) is 4.22. The Hall–Kier alpha value is -0.0600. The van der Waals surface area contributed by atoms with Gasteiger partial charge in [0.25, 0.3) is 0 Å². The molecule has 0 radical (unpaired) electrons. The first-order chi connectivity index (χ1) is 6.17. The highest BCUT2D eigenvalue weighted by Gasteiger charge is 2.30. The van der Waals surface area contributed by atoms with Gasteiger partial charge in [-0.2, -0.15) is 0 Å². The topological polar surface area (TPSA) is 46.2 Å². The highest BCUT2D eigenvalue weighted by Crippen LogP contribution is 2.18. The van der Waals surface area contributed by atoms with Crippen molar-refractivity contribution < 1.29 is 8.42 Å². The van der Waals surface area contributed by atoms with Crippen LogP contribution in [0.15, 0.2) is 11.6 Å². The summed E-state index contributed by atoms with van der Waals surface area (Å²) in [6.45, 7) is 1.18. The van der Waals surface area contributed by atoms with Gasteiger partial charge in [0.1, 0.15) is 0 Å². The molecule has 1 aliphatic rings. The maximum absolute atomic E-state index is 11.3. The lowest BCUT2D eigenvalue weighted by atomic mass is 10.2. The summed E-state index contributed by atoms with van der Waals surface area (Å²) in [5, 5.41) is 2.85. The summed E-state index contributed by atoms with van der Waals surface area (Å²) >= 11 is 5.31. The van der Waals surface area contributed by atoms with E-state index >= 15 is 0 Å². The summed E-state index contributed by atoms with van der Waals surface area (Å²) in [6, 6.07) is 0. The molecule has 0 saturated carbocycles. The van der Waals surface area contributed by atoms with Crippen LogP contribution in [0.4, 0.5) is 0 Å². The van der Waals surface area contributed by atoms with Gasteiger partial charge < -0.3 is 5.32 Å². The van der Waals surface area contributed by atoms with E-state index in [2.05, 4.69) is 5.32 Å². The fourth-order valence-corrected chi connectivity index (χ4v) is 3.35.